The minimum atomic E-state index is -0.736. The van der Waals surface area contributed by atoms with Gasteiger partial charge in [0, 0.05) is 12.0 Å². The first kappa shape index (κ1) is 13.2. The number of aliphatic hydroxyl groups is 2. The van der Waals surface area contributed by atoms with Crippen LogP contribution >= 0.6 is 0 Å². The van der Waals surface area contributed by atoms with E-state index in [0.29, 0.717) is 0 Å². The zero-order valence-electron chi connectivity index (χ0n) is 10.3. The summed E-state index contributed by atoms with van der Waals surface area (Å²) in [6.45, 7) is 0.278. The van der Waals surface area contributed by atoms with Crippen LogP contribution in [0.5, 0.6) is 5.75 Å². The molecule has 2 atom stereocenters. The van der Waals surface area contributed by atoms with E-state index in [1.165, 1.54) is 18.4 Å². The fourth-order valence-electron chi connectivity index (χ4n) is 1.85. The van der Waals surface area contributed by atoms with E-state index in [1.54, 1.807) is 36.4 Å². The van der Waals surface area contributed by atoms with Crippen LogP contribution in [0.15, 0.2) is 60.6 Å². The molecule has 2 unspecified atom stereocenters. The largest absolute Gasteiger partial charge is 0.508 e. The summed E-state index contributed by atoms with van der Waals surface area (Å²) in [6.07, 6.45) is 6.77. The summed E-state index contributed by atoms with van der Waals surface area (Å²) >= 11 is 0. The highest BCUT2D eigenvalue weighted by Gasteiger charge is 2.19. The smallest absolute Gasteiger partial charge is 0.118 e. The molecule has 2 rings (SSSR count). The average Bonchev–Trinajstić information content (AvgIpc) is 2.40. The molecule has 0 saturated heterocycles. The summed E-state index contributed by atoms with van der Waals surface area (Å²) < 4.78 is 5.31. The quantitative estimate of drug-likeness (QED) is 0.725. The Morgan fingerprint density at radius 3 is 2.58 bits per heavy atom. The van der Waals surface area contributed by atoms with Gasteiger partial charge in [0.05, 0.1) is 19.0 Å². The Hall–Kier alpha value is -2.20. The molecule has 4 heteroatoms. The maximum absolute atomic E-state index is 10.1. The highest BCUT2D eigenvalue weighted by molar-refractivity contribution is 5.30. The molecule has 100 valence electrons. The maximum atomic E-state index is 10.1. The van der Waals surface area contributed by atoms with Gasteiger partial charge in [0.1, 0.15) is 11.5 Å². The minimum absolute atomic E-state index is 0.0616. The van der Waals surface area contributed by atoms with Gasteiger partial charge in [-0.3, -0.25) is 0 Å². The molecule has 3 N–H and O–H groups in total. The number of hydrogen-bond donors (Lipinski definition) is 3. The molecule has 0 bridgehead atoms. The summed E-state index contributed by atoms with van der Waals surface area (Å²) in [5, 5.41) is 28.8. The molecule has 4 nitrogen and oxygen atoms in total. The van der Waals surface area contributed by atoms with Crippen LogP contribution in [-0.4, -0.2) is 28.0 Å². The summed E-state index contributed by atoms with van der Waals surface area (Å²) in [6, 6.07) is 6.66. The molecule has 0 amide bonds. The molecule has 1 aliphatic heterocycles. The Kier molecular flexibility index (Phi) is 4.26. The molecule has 1 heterocycles. The molecular formula is C15H16O4. The third-order valence-electron chi connectivity index (χ3n) is 2.92. The first-order valence-electron chi connectivity index (χ1n) is 5.99. The van der Waals surface area contributed by atoms with Crippen molar-refractivity contribution in [1.29, 1.82) is 0 Å². The van der Waals surface area contributed by atoms with Crippen LogP contribution in [-0.2, 0) is 4.74 Å². The number of rotatable bonds is 1. The van der Waals surface area contributed by atoms with Gasteiger partial charge in [-0.15, -0.1) is 0 Å². The summed E-state index contributed by atoms with van der Waals surface area (Å²) in [5.41, 5.74) is 0.872. The third kappa shape index (κ3) is 3.63. The number of aromatic hydroxyl groups is 1. The molecule has 0 aromatic heterocycles. The number of aliphatic hydroxyl groups excluding tert-OH is 2. The van der Waals surface area contributed by atoms with Gasteiger partial charge in [-0.2, -0.15) is 0 Å². The first-order chi connectivity index (χ1) is 9.16. The Morgan fingerprint density at radius 1 is 1.11 bits per heavy atom. The second kappa shape index (κ2) is 6.11. The van der Waals surface area contributed by atoms with Gasteiger partial charge in [0.2, 0.25) is 0 Å². The van der Waals surface area contributed by atoms with Crippen molar-refractivity contribution in [2.75, 3.05) is 6.61 Å². The zero-order valence-corrected chi connectivity index (χ0v) is 10.3. The highest BCUT2D eigenvalue weighted by Crippen LogP contribution is 2.24. The predicted molar refractivity (Wildman–Crippen MR) is 71.8 cm³/mol. The molecule has 0 aliphatic carbocycles. The van der Waals surface area contributed by atoms with Crippen molar-refractivity contribution in [2.45, 2.75) is 12.0 Å². The Bertz CT molecular complexity index is 499. The van der Waals surface area contributed by atoms with Gasteiger partial charge in [0.15, 0.2) is 0 Å². The van der Waals surface area contributed by atoms with Crippen LogP contribution in [0.4, 0.5) is 0 Å². The first-order valence-corrected chi connectivity index (χ1v) is 5.99. The van der Waals surface area contributed by atoms with Crippen molar-refractivity contribution in [1.82, 2.24) is 0 Å². The molecule has 0 fully saturated rings. The summed E-state index contributed by atoms with van der Waals surface area (Å²) in [5.74, 6) is 0.00370. The average molecular weight is 260 g/mol. The fourth-order valence-corrected chi connectivity index (χ4v) is 1.85. The Balaban J connectivity index is 2.23. The fraction of sp³-hybridized carbons (Fsp3) is 0.200. The van der Waals surface area contributed by atoms with E-state index in [-0.39, 0.29) is 24.0 Å². The number of allylic oxidation sites excluding steroid dienone is 3. The molecular weight excluding hydrogens is 244 g/mol. The standard InChI is InChI=1S/C15H16O4/c16-12-2-1-3-15(18)14(10-19-9-8-12)11-4-6-13(17)7-5-11/h1-9,14-18H,10H2/b3-1+,9-8?,12-2?. The SMILES string of the molecule is OC1=C/C=C/C(O)C(c2ccc(O)cc2)COC=C1. The lowest BCUT2D eigenvalue weighted by Gasteiger charge is -2.21. The van der Waals surface area contributed by atoms with E-state index < -0.39 is 6.10 Å². The predicted octanol–water partition coefficient (Wildman–Crippen LogP) is 2.38. The minimum Gasteiger partial charge on any atom is -0.508 e. The van der Waals surface area contributed by atoms with Gasteiger partial charge in [0.25, 0.3) is 0 Å². The molecule has 0 spiro atoms. The molecule has 1 aromatic carbocycles. The molecule has 0 saturated carbocycles. The highest BCUT2D eigenvalue weighted by atomic mass is 16.5. The topological polar surface area (TPSA) is 69.9 Å². The number of benzene rings is 1. The van der Waals surface area contributed by atoms with Gasteiger partial charge in [-0.1, -0.05) is 24.3 Å². The van der Waals surface area contributed by atoms with Crippen molar-refractivity contribution in [3.8, 4) is 5.75 Å². The van der Waals surface area contributed by atoms with Crippen molar-refractivity contribution < 1.29 is 20.1 Å². The van der Waals surface area contributed by atoms with Crippen LogP contribution < -0.4 is 0 Å². The van der Waals surface area contributed by atoms with Gasteiger partial charge in [-0.25, -0.2) is 0 Å². The van der Waals surface area contributed by atoms with E-state index >= 15 is 0 Å². The van der Waals surface area contributed by atoms with Gasteiger partial charge < -0.3 is 20.1 Å². The van der Waals surface area contributed by atoms with Crippen LogP contribution in [0.25, 0.3) is 0 Å². The van der Waals surface area contributed by atoms with Crippen molar-refractivity contribution in [2.24, 2.45) is 0 Å². The maximum Gasteiger partial charge on any atom is 0.118 e. The summed E-state index contributed by atoms with van der Waals surface area (Å²) in [4.78, 5) is 0. The number of ether oxygens (including phenoxy) is 1. The molecule has 0 radical (unpaired) electrons. The van der Waals surface area contributed by atoms with Gasteiger partial charge >= 0.3 is 0 Å². The molecule has 19 heavy (non-hydrogen) atoms. The molecule has 1 aromatic rings. The monoisotopic (exact) mass is 260 g/mol. The van der Waals surface area contributed by atoms with Gasteiger partial charge in [-0.05, 0) is 23.8 Å². The van der Waals surface area contributed by atoms with Crippen LogP contribution in [0, 0.1) is 0 Å². The van der Waals surface area contributed by atoms with E-state index in [9.17, 15) is 15.3 Å². The molecule has 1 aliphatic rings. The zero-order chi connectivity index (χ0) is 13.7. The van der Waals surface area contributed by atoms with Crippen molar-refractivity contribution in [3.63, 3.8) is 0 Å². The lowest BCUT2D eigenvalue weighted by Crippen LogP contribution is -2.20. The third-order valence-corrected chi connectivity index (χ3v) is 2.92. The van der Waals surface area contributed by atoms with Crippen molar-refractivity contribution in [3.05, 3.63) is 66.2 Å². The van der Waals surface area contributed by atoms with E-state index in [2.05, 4.69) is 0 Å². The number of hydrogen-bond acceptors (Lipinski definition) is 4. The van der Waals surface area contributed by atoms with E-state index in [1.807, 2.05) is 0 Å². The lowest BCUT2D eigenvalue weighted by molar-refractivity contribution is 0.130. The van der Waals surface area contributed by atoms with Crippen LogP contribution in [0.2, 0.25) is 0 Å². The van der Waals surface area contributed by atoms with E-state index in [0.717, 1.165) is 5.56 Å². The normalized spacial score (nSPS) is 25.2. The van der Waals surface area contributed by atoms with Crippen LogP contribution in [0.1, 0.15) is 11.5 Å². The Morgan fingerprint density at radius 2 is 1.84 bits per heavy atom. The van der Waals surface area contributed by atoms with Crippen molar-refractivity contribution >= 4 is 0 Å². The second-order valence-corrected chi connectivity index (χ2v) is 4.30. The Labute approximate surface area is 111 Å². The number of phenols is 1. The second-order valence-electron chi connectivity index (χ2n) is 4.30. The van der Waals surface area contributed by atoms with Crippen LogP contribution in [0.3, 0.4) is 0 Å². The number of phenolic OH excluding ortho intramolecular Hbond substituents is 1. The summed E-state index contributed by atoms with van der Waals surface area (Å²) in [7, 11) is 0. The lowest BCUT2D eigenvalue weighted by atomic mass is 9.93. The van der Waals surface area contributed by atoms with E-state index in [4.69, 9.17) is 4.74 Å².